The van der Waals surface area contributed by atoms with Crippen molar-refractivity contribution in [3.05, 3.63) is 60.4 Å². The number of nitrogens with one attached hydrogen (secondary N) is 2. The van der Waals surface area contributed by atoms with E-state index >= 15 is 0 Å². The first-order valence-electron chi connectivity index (χ1n) is 8.29. The lowest BCUT2D eigenvalue weighted by Gasteiger charge is -2.10. The van der Waals surface area contributed by atoms with E-state index < -0.39 is 0 Å². The van der Waals surface area contributed by atoms with Crippen molar-refractivity contribution < 1.29 is 4.79 Å². The first-order valence-corrected chi connectivity index (χ1v) is 9.27. The molecule has 1 aliphatic rings. The van der Waals surface area contributed by atoms with Crippen LogP contribution in [-0.2, 0) is 4.79 Å². The number of amides is 1. The van der Waals surface area contributed by atoms with Gasteiger partial charge in [-0.25, -0.2) is 4.98 Å². The number of aromatic nitrogens is 3. The predicted octanol–water partition coefficient (Wildman–Crippen LogP) is 4.08. The normalized spacial score (nSPS) is 13.6. The summed E-state index contributed by atoms with van der Waals surface area (Å²) in [6.07, 6.45) is 2.35. The van der Waals surface area contributed by atoms with Crippen LogP contribution in [0.15, 0.2) is 59.8 Å². The average molecular weight is 350 g/mol. The summed E-state index contributed by atoms with van der Waals surface area (Å²) in [7, 11) is 0. The highest BCUT2D eigenvalue weighted by molar-refractivity contribution is 7.99. The molecule has 0 bridgehead atoms. The van der Waals surface area contributed by atoms with E-state index in [2.05, 4.69) is 20.5 Å². The number of benzene rings is 2. The molecule has 0 saturated heterocycles. The van der Waals surface area contributed by atoms with E-state index in [1.54, 1.807) is 0 Å². The summed E-state index contributed by atoms with van der Waals surface area (Å²) in [5.74, 6) is 1.70. The van der Waals surface area contributed by atoms with Crippen molar-refractivity contribution in [1.82, 2.24) is 15.2 Å². The van der Waals surface area contributed by atoms with E-state index in [1.807, 2.05) is 54.6 Å². The SMILES string of the molecule is O=C(CSc1n[nH]c(C2CC2)n1)Nc1ccccc1-c1ccccc1. The van der Waals surface area contributed by atoms with Crippen LogP contribution >= 0.6 is 11.8 Å². The van der Waals surface area contributed by atoms with Gasteiger partial charge in [0.1, 0.15) is 5.82 Å². The van der Waals surface area contributed by atoms with Crippen molar-refractivity contribution >= 4 is 23.4 Å². The molecule has 5 nitrogen and oxygen atoms in total. The molecule has 0 atom stereocenters. The zero-order chi connectivity index (χ0) is 17.1. The quantitative estimate of drug-likeness (QED) is 0.657. The molecule has 0 aliphatic heterocycles. The maximum absolute atomic E-state index is 12.3. The van der Waals surface area contributed by atoms with Crippen molar-refractivity contribution in [2.75, 3.05) is 11.1 Å². The molecule has 1 saturated carbocycles. The Balaban J connectivity index is 1.40. The fourth-order valence-electron chi connectivity index (χ4n) is 2.64. The number of hydrogen-bond acceptors (Lipinski definition) is 4. The zero-order valence-corrected chi connectivity index (χ0v) is 14.4. The third-order valence-corrected chi connectivity index (χ3v) is 4.91. The fraction of sp³-hybridized carbons (Fsp3) is 0.211. The van der Waals surface area contributed by atoms with Crippen LogP contribution in [0.2, 0.25) is 0 Å². The van der Waals surface area contributed by atoms with Gasteiger partial charge in [-0.05, 0) is 24.5 Å². The highest BCUT2D eigenvalue weighted by Gasteiger charge is 2.27. The van der Waals surface area contributed by atoms with Crippen LogP contribution in [0.4, 0.5) is 5.69 Å². The van der Waals surface area contributed by atoms with Gasteiger partial charge in [-0.1, -0.05) is 60.3 Å². The second-order valence-electron chi connectivity index (χ2n) is 6.03. The van der Waals surface area contributed by atoms with Crippen molar-refractivity contribution in [3.8, 4) is 11.1 Å². The molecule has 0 spiro atoms. The van der Waals surface area contributed by atoms with E-state index in [0.717, 1.165) is 22.6 Å². The lowest BCUT2D eigenvalue weighted by atomic mass is 10.0. The molecule has 1 heterocycles. The first-order chi connectivity index (χ1) is 12.3. The van der Waals surface area contributed by atoms with Crippen molar-refractivity contribution in [2.45, 2.75) is 23.9 Å². The van der Waals surface area contributed by atoms with Crippen molar-refractivity contribution in [3.63, 3.8) is 0 Å². The Morgan fingerprint density at radius 1 is 1.12 bits per heavy atom. The number of carbonyl (C=O) groups is 1. The molecule has 2 N–H and O–H groups in total. The standard InChI is InChI=1S/C19H18N4OS/c24-17(12-25-19-21-18(22-23-19)14-10-11-14)20-16-9-5-4-8-15(16)13-6-2-1-3-7-13/h1-9,14H,10-12H2,(H,20,24)(H,21,22,23). The number of anilines is 1. The summed E-state index contributed by atoms with van der Waals surface area (Å²) >= 11 is 1.35. The number of H-pyrrole nitrogens is 1. The third kappa shape index (κ3) is 3.91. The van der Waals surface area contributed by atoms with Crippen molar-refractivity contribution in [1.29, 1.82) is 0 Å². The van der Waals surface area contributed by atoms with E-state index in [9.17, 15) is 4.79 Å². The monoisotopic (exact) mass is 350 g/mol. The lowest BCUT2D eigenvalue weighted by molar-refractivity contribution is -0.113. The average Bonchev–Trinajstić information content (AvgIpc) is 3.39. The van der Waals surface area contributed by atoms with Crippen molar-refractivity contribution in [2.24, 2.45) is 0 Å². The van der Waals surface area contributed by atoms with Gasteiger partial charge in [0.2, 0.25) is 11.1 Å². The Morgan fingerprint density at radius 2 is 1.88 bits per heavy atom. The molecule has 4 rings (SSSR count). The Hall–Kier alpha value is -2.60. The highest BCUT2D eigenvalue weighted by Crippen LogP contribution is 2.38. The van der Waals surface area contributed by atoms with Gasteiger partial charge in [0.15, 0.2) is 0 Å². The van der Waals surface area contributed by atoms with Gasteiger partial charge in [0, 0.05) is 17.2 Å². The van der Waals surface area contributed by atoms with Crippen LogP contribution < -0.4 is 5.32 Å². The smallest absolute Gasteiger partial charge is 0.234 e. The molecule has 0 unspecified atom stereocenters. The van der Waals surface area contributed by atoms with E-state index in [4.69, 9.17) is 0 Å². The Morgan fingerprint density at radius 3 is 2.68 bits per heavy atom. The third-order valence-electron chi connectivity index (χ3n) is 4.06. The predicted molar refractivity (Wildman–Crippen MR) is 99.6 cm³/mol. The van der Waals surface area contributed by atoms with Gasteiger partial charge in [0.05, 0.1) is 5.75 Å². The minimum absolute atomic E-state index is 0.0637. The Labute approximate surface area is 150 Å². The van der Waals surface area contributed by atoms with E-state index in [1.165, 1.54) is 24.6 Å². The molecule has 2 aromatic carbocycles. The summed E-state index contributed by atoms with van der Waals surface area (Å²) in [5.41, 5.74) is 2.90. The van der Waals surface area contributed by atoms with Crippen LogP contribution in [-0.4, -0.2) is 26.8 Å². The van der Waals surface area contributed by atoms with Crippen LogP contribution in [0.25, 0.3) is 11.1 Å². The number of rotatable bonds is 6. The molecule has 1 fully saturated rings. The highest BCUT2D eigenvalue weighted by atomic mass is 32.2. The second kappa shape index (κ2) is 7.11. The van der Waals surface area contributed by atoms with Gasteiger partial charge >= 0.3 is 0 Å². The molecule has 6 heteroatoms. The Kier molecular flexibility index (Phi) is 4.52. The van der Waals surface area contributed by atoms with Crippen LogP contribution in [0.3, 0.4) is 0 Å². The van der Waals surface area contributed by atoms with Gasteiger partial charge < -0.3 is 5.32 Å². The summed E-state index contributed by atoms with van der Waals surface area (Å²) in [5, 5.41) is 10.8. The van der Waals surface area contributed by atoms with Gasteiger partial charge in [-0.15, -0.1) is 5.10 Å². The minimum atomic E-state index is -0.0637. The van der Waals surface area contributed by atoms with Crippen LogP contribution in [0.5, 0.6) is 0 Å². The first kappa shape index (κ1) is 15.9. The van der Waals surface area contributed by atoms with Crippen LogP contribution in [0.1, 0.15) is 24.6 Å². The Bertz CT molecular complexity index is 874. The number of thioether (sulfide) groups is 1. The zero-order valence-electron chi connectivity index (χ0n) is 13.6. The van der Waals surface area contributed by atoms with Gasteiger partial charge in [0.25, 0.3) is 0 Å². The number of aromatic amines is 1. The number of carbonyl (C=O) groups excluding carboxylic acids is 1. The molecule has 126 valence electrons. The summed E-state index contributed by atoms with van der Waals surface area (Å²) < 4.78 is 0. The molecule has 25 heavy (non-hydrogen) atoms. The maximum Gasteiger partial charge on any atom is 0.234 e. The largest absolute Gasteiger partial charge is 0.325 e. The maximum atomic E-state index is 12.3. The van der Waals surface area contributed by atoms with E-state index in [-0.39, 0.29) is 11.7 Å². The molecule has 3 aromatic rings. The molecule has 1 aliphatic carbocycles. The topological polar surface area (TPSA) is 70.7 Å². The molecule has 1 amide bonds. The number of nitrogens with zero attached hydrogens (tertiary/aromatic N) is 2. The summed E-state index contributed by atoms with van der Waals surface area (Å²) in [4.78, 5) is 16.8. The van der Waals surface area contributed by atoms with E-state index in [0.29, 0.717) is 11.1 Å². The number of hydrogen-bond donors (Lipinski definition) is 2. The fourth-order valence-corrected chi connectivity index (χ4v) is 3.25. The summed E-state index contributed by atoms with van der Waals surface area (Å²) in [6.45, 7) is 0. The van der Waals surface area contributed by atoms with Gasteiger partial charge in [-0.3, -0.25) is 9.89 Å². The molecule has 1 aromatic heterocycles. The molecule has 0 radical (unpaired) electrons. The van der Waals surface area contributed by atoms with Crippen LogP contribution in [0, 0.1) is 0 Å². The van der Waals surface area contributed by atoms with Gasteiger partial charge in [-0.2, -0.15) is 0 Å². The minimum Gasteiger partial charge on any atom is -0.325 e. The molecular weight excluding hydrogens is 332 g/mol. The molecular formula is C19H18N4OS. The lowest BCUT2D eigenvalue weighted by Crippen LogP contribution is -2.14. The number of para-hydroxylation sites is 1. The second-order valence-corrected chi connectivity index (χ2v) is 6.97. The summed E-state index contributed by atoms with van der Waals surface area (Å²) in [6, 6.07) is 17.9.